The number of alkyl halides is 2. The van der Waals surface area contributed by atoms with E-state index in [1.807, 2.05) is 17.0 Å². The number of carbonyl (C=O) groups is 1. The van der Waals surface area contributed by atoms with Crippen LogP contribution in [0, 0.1) is 5.82 Å². The molecule has 0 bridgehead atoms. The maximum atomic E-state index is 14.7. The van der Waals surface area contributed by atoms with E-state index in [0.717, 1.165) is 17.1 Å². The molecule has 6 nitrogen and oxygen atoms in total. The second kappa shape index (κ2) is 9.79. The van der Waals surface area contributed by atoms with Crippen molar-refractivity contribution in [1.29, 1.82) is 0 Å². The van der Waals surface area contributed by atoms with Crippen LogP contribution in [0.25, 0.3) is 10.9 Å². The van der Waals surface area contributed by atoms with Crippen molar-refractivity contribution in [2.75, 3.05) is 43.5 Å². The molecular formula is C25H27F3N4O2. The highest BCUT2D eigenvalue weighted by atomic mass is 19.3. The molecule has 1 aliphatic rings. The molecule has 2 aromatic carbocycles. The summed E-state index contributed by atoms with van der Waals surface area (Å²) in [5.74, 6) is -0.184. The van der Waals surface area contributed by atoms with E-state index in [-0.39, 0.29) is 11.5 Å². The predicted octanol–water partition coefficient (Wildman–Crippen LogP) is 5.16. The molecule has 1 amide bonds. The zero-order chi connectivity index (χ0) is 24.4. The number of piperazine rings is 1. The zero-order valence-corrected chi connectivity index (χ0v) is 19.3. The number of pyridine rings is 1. The van der Waals surface area contributed by atoms with Gasteiger partial charge in [0, 0.05) is 62.0 Å². The SMILES string of the molecule is COc1cc2nccc(N[C@H](C)c3cccc(C(F)F)c3F)c2cc1N1CCN(C(C)=O)CC1. The minimum atomic E-state index is -2.88. The number of ether oxygens (including phenoxy) is 1. The largest absolute Gasteiger partial charge is 0.495 e. The maximum Gasteiger partial charge on any atom is 0.266 e. The highest BCUT2D eigenvalue weighted by molar-refractivity contribution is 5.95. The number of hydrogen-bond acceptors (Lipinski definition) is 5. The average Bonchev–Trinajstić information content (AvgIpc) is 2.83. The van der Waals surface area contributed by atoms with E-state index in [9.17, 15) is 18.0 Å². The van der Waals surface area contributed by atoms with Gasteiger partial charge >= 0.3 is 0 Å². The number of amides is 1. The molecule has 1 atom stereocenters. The molecule has 1 saturated heterocycles. The smallest absolute Gasteiger partial charge is 0.266 e. The molecule has 0 saturated carbocycles. The Bertz CT molecular complexity index is 1200. The van der Waals surface area contributed by atoms with Crippen LogP contribution in [-0.4, -0.2) is 49.1 Å². The number of halogens is 3. The monoisotopic (exact) mass is 472 g/mol. The Kier molecular flexibility index (Phi) is 6.81. The van der Waals surface area contributed by atoms with Crippen molar-refractivity contribution in [2.45, 2.75) is 26.3 Å². The number of nitrogens with one attached hydrogen (secondary N) is 1. The summed E-state index contributed by atoms with van der Waals surface area (Å²) in [6.45, 7) is 5.85. The predicted molar refractivity (Wildman–Crippen MR) is 126 cm³/mol. The van der Waals surface area contributed by atoms with E-state index in [0.29, 0.717) is 43.1 Å². The summed E-state index contributed by atoms with van der Waals surface area (Å²) in [5.41, 5.74) is 1.81. The van der Waals surface area contributed by atoms with Crippen molar-refractivity contribution in [3.8, 4) is 5.75 Å². The highest BCUT2D eigenvalue weighted by Crippen LogP contribution is 2.37. The fourth-order valence-corrected chi connectivity index (χ4v) is 4.34. The van der Waals surface area contributed by atoms with Crippen LogP contribution in [0.5, 0.6) is 5.75 Å². The van der Waals surface area contributed by atoms with E-state index in [4.69, 9.17) is 4.74 Å². The quantitative estimate of drug-likeness (QED) is 0.537. The Morgan fingerprint density at radius 1 is 1.12 bits per heavy atom. The molecule has 1 fully saturated rings. The van der Waals surface area contributed by atoms with Crippen molar-refractivity contribution in [3.63, 3.8) is 0 Å². The van der Waals surface area contributed by atoms with Gasteiger partial charge in [0.2, 0.25) is 5.91 Å². The summed E-state index contributed by atoms with van der Waals surface area (Å²) >= 11 is 0. The third kappa shape index (κ3) is 4.60. The molecule has 34 heavy (non-hydrogen) atoms. The van der Waals surface area contributed by atoms with Gasteiger partial charge in [0.15, 0.2) is 0 Å². The van der Waals surface area contributed by atoms with Gasteiger partial charge in [-0.15, -0.1) is 0 Å². The lowest BCUT2D eigenvalue weighted by Crippen LogP contribution is -2.48. The van der Waals surface area contributed by atoms with Gasteiger partial charge in [-0.05, 0) is 19.1 Å². The Morgan fingerprint density at radius 2 is 1.82 bits per heavy atom. The molecule has 4 rings (SSSR count). The first-order valence-corrected chi connectivity index (χ1v) is 11.1. The lowest BCUT2D eigenvalue weighted by molar-refractivity contribution is -0.129. The third-order valence-corrected chi connectivity index (χ3v) is 6.24. The topological polar surface area (TPSA) is 57.7 Å². The number of aromatic nitrogens is 1. The van der Waals surface area contributed by atoms with E-state index >= 15 is 0 Å². The van der Waals surface area contributed by atoms with Gasteiger partial charge in [0.25, 0.3) is 6.43 Å². The molecule has 9 heteroatoms. The second-order valence-electron chi connectivity index (χ2n) is 8.31. The minimum Gasteiger partial charge on any atom is -0.495 e. The number of hydrogen-bond donors (Lipinski definition) is 1. The fourth-order valence-electron chi connectivity index (χ4n) is 4.34. The van der Waals surface area contributed by atoms with Crippen LogP contribution in [0.1, 0.15) is 37.4 Å². The van der Waals surface area contributed by atoms with Crippen molar-refractivity contribution in [2.24, 2.45) is 0 Å². The summed E-state index contributed by atoms with van der Waals surface area (Å²) in [4.78, 5) is 20.1. The van der Waals surface area contributed by atoms with Gasteiger partial charge in [-0.25, -0.2) is 13.2 Å². The Morgan fingerprint density at radius 3 is 2.47 bits per heavy atom. The van der Waals surface area contributed by atoms with Gasteiger partial charge in [-0.2, -0.15) is 0 Å². The molecule has 0 radical (unpaired) electrons. The van der Waals surface area contributed by atoms with Crippen LogP contribution < -0.4 is 15.0 Å². The Labute approximate surface area is 196 Å². The van der Waals surface area contributed by atoms with Crippen LogP contribution >= 0.6 is 0 Å². The summed E-state index contributed by atoms with van der Waals surface area (Å²) in [6, 6.07) is 9.06. The Balaban J connectivity index is 1.67. The molecular weight excluding hydrogens is 445 g/mol. The Hall–Kier alpha value is -3.49. The number of methoxy groups -OCH3 is 1. The summed E-state index contributed by atoms with van der Waals surface area (Å²) in [7, 11) is 1.60. The van der Waals surface area contributed by atoms with Gasteiger partial charge in [-0.3, -0.25) is 9.78 Å². The van der Waals surface area contributed by atoms with E-state index in [1.165, 1.54) is 12.1 Å². The maximum absolute atomic E-state index is 14.7. The van der Waals surface area contributed by atoms with Crippen LogP contribution in [-0.2, 0) is 4.79 Å². The van der Waals surface area contributed by atoms with Crippen molar-refractivity contribution >= 4 is 28.2 Å². The lowest BCUT2D eigenvalue weighted by Gasteiger charge is -2.36. The molecule has 1 aromatic heterocycles. The van der Waals surface area contributed by atoms with E-state index < -0.39 is 23.8 Å². The average molecular weight is 473 g/mol. The van der Waals surface area contributed by atoms with Crippen LogP contribution in [0.3, 0.4) is 0 Å². The fraction of sp³-hybridized carbons (Fsp3) is 0.360. The first-order valence-electron chi connectivity index (χ1n) is 11.1. The number of fused-ring (bicyclic) bond motifs is 1. The van der Waals surface area contributed by atoms with Crippen molar-refractivity contribution < 1.29 is 22.7 Å². The zero-order valence-electron chi connectivity index (χ0n) is 19.3. The molecule has 1 N–H and O–H groups in total. The summed E-state index contributed by atoms with van der Waals surface area (Å²) < 4.78 is 46.6. The number of nitrogens with zero attached hydrogens (tertiary/aromatic N) is 3. The van der Waals surface area contributed by atoms with Gasteiger partial charge in [0.1, 0.15) is 11.6 Å². The van der Waals surface area contributed by atoms with Crippen LogP contribution in [0.4, 0.5) is 24.5 Å². The van der Waals surface area contributed by atoms with Crippen LogP contribution in [0.2, 0.25) is 0 Å². The van der Waals surface area contributed by atoms with Gasteiger partial charge in [0.05, 0.1) is 29.9 Å². The summed E-state index contributed by atoms with van der Waals surface area (Å²) in [6.07, 6.45) is -1.25. The van der Waals surface area contributed by atoms with Crippen molar-refractivity contribution in [1.82, 2.24) is 9.88 Å². The molecule has 180 valence electrons. The molecule has 2 heterocycles. The lowest BCUT2D eigenvalue weighted by atomic mass is 10.0. The second-order valence-corrected chi connectivity index (χ2v) is 8.31. The number of carbonyl (C=O) groups excluding carboxylic acids is 1. The first kappa shape index (κ1) is 23.7. The first-order chi connectivity index (χ1) is 16.3. The van der Waals surface area contributed by atoms with Gasteiger partial charge in [-0.1, -0.05) is 18.2 Å². The highest BCUT2D eigenvalue weighted by Gasteiger charge is 2.23. The van der Waals surface area contributed by atoms with E-state index in [2.05, 4.69) is 15.2 Å². The number of rotatable bonds is 6. The number of anilines is 2. The standard InChI is InChI=1S/C25H27F3N4O2/c1-15(17-5-4-6-18(24(17)26)25(27)28)30-20-7-8-29-21-14-23(34-3)22(13-19(20)21)32-11-9-31(10-12-32)16(2)33/h4-8,13-15,25H,9-12H2,1-3H3,(H,29,30)/t15-/m1/s1. The van der Waals surface area contributed by atoms with Crippen LogP contribution in [0.15, 0.2) is 42.6 Å². The number of benzene rings is 2. The van der Waals surface area contributed by atoms with Gasteiger partial charge < -0.3 is 19.9 Å². The molecule has 0 aliphatic carbocycles. The molecule has 3 aromatic rings. The molecule has 0 unspecified atom stereocenters. The molecule has 1 aliphatic heterocycles. The van der Waals surface area contributed by atoms with Crippen molar-refractivity contribution in [3.05, 3.63) is 59.5 Å². The third-order valence-electron chi connectivity index (χ3n) is 6.24. The summed E-state index contributed by atoms with van der Waals surface area (Å²) in [5, 5.41) is 4.06. The van der Waals surface area contributed by atoms with E-state index in [1.54, 1.807) is 33.2 Å². The molecule has 0 spiro atoms. The normalized spacial score (nSPS) is 15.0. The minimum absolute atomic E-state index is 0.0537.